The molecule has 26 heavy (non-hydrogen) atoms. The molecule has 4 rings (SSSR count). The van der Waals surface area contributed by atoms with Crippen LogP contribution in [0.3, 0.4) is 0 Å². The number of aliphatic carboxylic acids is 1. The zero-order valence-electron chi connectivity index (χ0n) is 15.1. The second kappa shape index (κ2) is 6.89. The molecule has 0 spiro atoms. The van der Waals surface area contributed by atoms with Crippen molar-refractivity contribution in [3.8, 4) is 0 Å². The van der Waals surface area contributed by atoms with Crippen molar-refractivity contribution in [2.75, 3.05) is 19.6 Å². The lowest BCUT2D eigenvalue weighted by Crippen LogP contribution is -2.42. The highest BCUT2D eigenvalue weighted by atomic mass is 16.4. The van der Waals surface area contributed by atoms with Crippen LogP contribution >= 0.6 is 0 Å². The molecule has 0 aromatic carbocycles. The number of nitrogens with zero attached hydrogens (tertiary/aromatic N) is 4. The fourth-order valence-corrected chi connectivity index (χ4v) is 4.92. The highest BCUT2D eigenvalue weighted by Crippen LogP contribution is 2.48. The number of aromatic nitrogens is 3. The van der Waals surface area contributed by atoms with Crippen LogP contribution in [0.25, 0.3) is 0 Å². The third-order valence-electron chi connectivity index (χ3n) is 6.39. The van der Waals surface area contributed by atoms with Crippen molar-refractivity contribution < 1.29 is 14.7 Å². The molecule has 0 radical (unpaired) electrons. The maximum absolute atomic E-state index is 12.5. The first-order valence-corrected chi connectivity index (χ1v) is 9.77. The number of amides is 2. The maximum atomic E-state index is 12.5. The van der Waals surface area contributed by atoms with E-state index in [1.807, 2.05) is 0 Å². The van der Waals surface area contributed by atoms with Crippen LogP contribution in [0.2, 0.25) is 0 Å². The Balaban J connectivity index is 1.31. The van der Waals surface area contributed by atoms with Crippen LogP contribution in [0, 0.1) is 11.3 Å². The minimum Gasteiger partial charge on any atom is -0.481 e. The molecule has 8 nitrogen and oxygen atoms in total. The molecule has 2 fully saturated rings. The van der Waals surface area contributed by atoms with Crippen LogP contribution in [-0.2, 0) is 24.2 Å². The van der Waals surface area contributed by atoms with E-state index >= 15 is 0 Å². The third-order valence-corrected chi connectivity index (χ3v) is 6.39. The standard InChI is InChI=1S/C18H27N5O3/c24-16(25)18-8-4-5-13(18)11-22(12-18)17(26)19-9-7-15-21-20-14-6-2-1-3-10-23(14)15/h13H,1-12H2,(H,19,26)(H,24,25)/t13-,18+/m0/s1. The molecule has 3 aliphatic rings. The summed E-state index contributed by atoms with van der Waals surface area (Å²) in [6.45, 7) is 2.34. The molecule has 8 heteroatoms. The zero-order valence-corrected chi connectivity index (χ0v) is 15.1. The topological polar surface area (TPSA) is 100 Å². The number of aryl methyl sites for hydroxylation is 1. The van der Waals surface area contributed by atoms with Gasteiger partial charge in [0.15, 0.2) is 0 Å². The Labute approximate surface area is 153 Å². The summed E-state index contributed by atoms with van der Waals surface area (Å²) in [4.78, 5) is 25.9. The largest absolute Gasteiger partial charge is 0.481 e. The summed E-state index contributed by atoms with van der Waals surface area (Å²) in [6.07, 6.45) is 7.70. The lowest BCUT2D eigenvalue weighted by Gasteiger charge is -2.23. The Kier molecular flexibility index (Phi) is 4.58. The van der Waals surface area contributed by atoms with Crippen molar-refractivity contribution >= 4 is 12.0 Å². The normalized spacial score (nSPS) is 27.7. The molecule has 3 heterocycles. The van der Waals surface area contributed by atoms with Gasteiger partial charge in [0.05, 0.1) is 5.41 Å². The predicted molar refractivity (Wildman–Crippen MR) is 93.7 cm³/mol. The summed E-state index contributed by atoms with van der Waals surface area (Å²) in [5, 5.41) is 21.1. The van der Waals surface area contributed by atoms with Gasteiger partial charge in [0.1, 0.15) is 11.6 Å². The average molecular weight is 361 g/mol. The van der Waals surface area contributed by atoms with Gasteiger partial charge in [-0.3, -0.25) is 4.79 Å². The van der Waals surface area contributed by atoms with Crippen molar-refractivity contribution in [3.63, 3.8) is 0 Å². The second-order valence-electron chi connectivity index (χ2n) is 7.91. The van der Waals surface area contributed by atoms with Gasteiger partial charge >= 0.3 is 12.0 Å². The summed E-state index contributed by atoms with van der Waals surface area (Å²) in [5.41, 5.74) is -0.721. The van der Waals surface area contributed by atoms with Crippen molar-refractivity contribution in [2.45, 2.75) is 57.9 Å². The average Bonchev–Trinajstić information content (AvgIpc) is 3.23. The Morgan fingerprint density at radius 3 is 2.92 bits per heavy atom. The van der Waals surface area contributed by atoms with Gasteiger partial charge in [-0.2, -0.15) is 0 Å². The monoisotopic (exact) mass is 361 g/mol. The van der Waals surface area contributed by atoms with Gasteiger partial charge in [0.25, 0.3) is 0 Å². The number of carboxylic acid groups (broad SMARTS) is 1. The number of hydrogen-bond donors (Lipinski definition) is 2. The number of carboxylic acids is 1. The lowest BCUT2D eigenvalue weighted by atomic mass is 9.81. The number of rotatable bonds is 4. The molecule has 1 saturated heterocycles. The minimum absolute atomic E-state index is 0.0954. The zero-order chi connectivity index (χ0) is 18.1. The summed E-state index contributed by atoms with van der Waals surface area (Å²) in [7, 11) is 0. The molecule has 0 unspecified atom stereocenters. The van der Waals surface area contributed by atoms with Gasteiger partial charge in [-0.05, 0) is 31.6 Å². The molecule has 2 N–H and O–H groups in total. The number of carbonyl (C=O) groups is 2. The second-order valence-corrected chi connectivity index (χ2v) is 7.91. The number of carbonyl (C=O) groups excluding carboxylic acids is 1. The number of urea groups is 1. The highest BCUT2D eigenvalue weighted by Gasteiger charge is 2.55. The number of likely N-dealkylation sites (tertiary alicyclic amines) is 1. The predicted octanol–water partition coefficient (Wildman–Crippen LogP) is 1.44. The van der Waals surface area contributed by atoms with Gasteiger partial charge < -0.3 is 19.9 Å². The highest BCUT2D eigenvalue weighted by molar-refractivity contribution is 5.80. The first-order chi connectivity index (χ1) is 12.6. The van der Waals surface area contributed by atoms with Gasteiger partial charge in [0.2, 0.25) is 0 Å². The molecule has 1 aliphatic carbocycles. The molecule has 1 aromatic heterocycles. The van der Waals surface area contributed by atoms with Crippen LogP contribution in [-0.4, -0.2) is 56.4 Å². The minimum atomic E-state index is -0.749. The Morgan fingerprint density at radius 2 is 2.12 bits per heavy atom. The van der Waals surface area contributed by atoms with E-state index in [0.29, 0.717) is 32.5 Å². The SMILES string of the molecule is O=C(NCCc1nnc2n1CCCCC2)N1C[C@@H]2CCC[C@@]2(C(=O)O)C1. The summed E-state index contributed by atoms with van der Waals surface area (Å²) < 4.78 is 2.19. The third kappa shape index (κ3) is 2.95. The molecular formula is C18H27N5O3. The Morgan fingerprint density at radius 1 is 1.23 bits per heavy atom. The Bertz CT molecular complexity index is 703. The van der Waals surface area contributed by atoms with Crippen LogP contribution in [0.4, 0.5) is 4.79 Å². The quantitative estimate of drug-likeness (QED) is 0.845. The number of hydrogen-bond acceptors (Lipinski definition) is 4. The van der Waals surface area contributed by atoms with E-state index in [9.17, 15) is 14.7 Å². The molecule has 1 aromatic rings. The summed E-state index contributed by atoms with van der Waals surface area (Å²) in [5.74, 6) is 1.33. The summed E-state index contributed by atoms with van der Waals surface area (Å²) in [6, 6.07) is -0.157. The van der Waals surface area contributed by atoms with Gasteiger partial charge in [0, 0.05) is 39.0 Å². The fourth-order valence-electron chi connectivity index (χ4n) is 4.92. The summed E-state index contributed by atoms with van der Waals surface area (Å²) >= 11 is 0. The van der Waals surface area contributed by atoms with Crippen LogP contribution in [0.5, 0.6) is 0 Å². The van der Waals surface area contributed by atoms with Crippen LogP contribution < -0.4 is 5.32 Å². The van der Waals surface area contributed by atoms with E-state index in [1.165, 1.54) is 6.42 Å². The van der Waals surface area contributed by atoms with E-state index in [-0.39, 0.29) is 11.9 Å². The van der Waals surface area contributed by atoms with Crippen molar-refractivity contribution in [2.24, 2.45) is 11.3 Å². The van der Waals surface area contributed by atoms with Crippen LogP contribution in [0.15, 0.2) is 0 Å². The molecule has 142 valence electrons. The van der Waals surface area contributed by atoms with Crippen molar-refractivity contribution in [3.05, 3.63) is 11.6 Å². The molecule has 2 atom stereocenters. The van der Waals surface area contributed by atoms with Gasteiger partial charge in [-0.25, -0.2) is 4.79 Å². The molecular weight excluding hydrogens is 334 g/mol. The van der Waals surface area contributed by atoms with Gasteiger partial charge in [-0.15, -0.1) is 10.2 Å². The number of fused-ring (bicyclic) bond motifs is 2. The van der Waals surface area contributed by atoms with E-state index in [0.717, 1.165) is 50.3 Å². The first-order valence-electron chi connectivity index (χ1n) is 9.77. The molecule has 0 bridgehead atoms. The first kappa shape index (κ1) is 17.3. The molecule has 1 saturated carbocycles. The molecule has 2 amide bonds. The fraction of sp³-hybridized carbons (Fsp3) is 0.778. The maximum Gasteiger partial charge on any atom is 0.317 e. The van der Waals surface area contributed by atoms with Crippen molar-refractivity contribution in [1.29, 1.82) is 0 Å². The Hall–Kier alpha value is -2.12. The number of nitrogens with one attached hydrogen (secondary N) is 1. The lowest BCUT2D eigenvalue weighted by molar-refractivity contribution is -0.149. The van der Waals surface area contributed by atoms with Crippen molar-refractivity contribution in [1.82, 2.24) is 25.0 Å². The molecule has 2 aliphatic heterocycles. The van der Waals surface area contributed by atoms with Crippen LogP contribution in [0.1, 0.15) is 50.2 Å². The smallest absolute Gasteiger partial charge is 0.317 e. The van der Waals surface area contributed by atoms with E-state index in [2.05, 4.69) is 20.1 Å². The van der Waals surface area contributed by atoms with Gasteiger partial charge in [-0.1, -0.05) is 12.8 Å². The van der Waals surface area contributed by atoms with E-state index in [4.69, 9.17) is 0 Å². The van der Waals surface area contributed by atoms with E-state index < -0.39 is 11.4 Å². The van der Waals surface area contributed by atoms with E-state index in [1.54, 1.807) is 4.90 Å².